The van der Waals surface area contributed by atoms with E-state index in [-0.39, 0.29) is 18.5 Å². The fourth-order valence-electron chi connectivity index (χ4n) is 4.37. The normalized spacial score (nSPS) is 11.9. The number of aryl methyl sites for hydroxylation is 1. The summed E-state index contributed by atoms with van der Waals surface area (Å²) in [6.07, 6.45) is 16.1. The molecule has 0 N–H and O–H groups in total. The van der Waals surface area contributed by atoms with Gasteiger partial charge in [0.1, 0.15) is 5.75 Å². The van der Waals surface area contributed by atoms with Gasteiger partial charge in [0.2, 0.25) is 0 Å². The number of aromatic nitrogens is 2. The van der Waals surface area contributed by atoms with Crippen molar-refractivity contribution < 1.29 is 14.3 Å². The van der Waals surface area contributed by atoms with E-state index in [9.17, 15) is 4.79 Å². The lowest BCUT2D eigenvalue weighted by atomic mass is 10.0. The minimum Gasteiger partial charge on any atom is -0.426 e. The summed E-state index contributed by atoms with van der Waals surface area (Å²) in [7, 11) is 0. The molecule has 0 aliphatic rings. The molecule has 0 saturated carbocycles. The maximum Gasteiger partial charge on any atom is 0.313 e. The van der Waals surface area contributed by atoms with Gasteiger partial charge in [0, 0.05) is 24.6 Å². The molecule has 5 nitrogen and oxygen atoms in total. The summed E-state index contributed by atoms with van der Waals surface area (Å²) >= 11 is 0. The number of carbonyl (C=O) groups excluding carboxylic acids is 1. The van der Waals surface area contributed by atoms with Gasteiger partial charge in [-0.1, -0.05) is 95.2 Å². The first-order valence-corrected chi connectivity index (χ1v) is 14.4. The zero-order chi connectivity index (χ0) is 27.0. The Morgan fingerprint density at radius 3 is 1.92 bits per heavy atom. The molecule has 3 aromatic rings. The quantitative estimate of drug-likeness (QED) is 0.102. The van der Waals surface area contributed by atoms with Crippen LogP contribution in [0.5, 0.6) is 5.75 Å². The molecule has 1 aromatic heterocycles. The fourth-order valence-corrected chi connectivity index (χ4v) is 4.37. The van der Waals surface area contributed by atoms with Crippen molar-refractivity contribution in [2.75, 3.05) is 6.61 Å². The van der Waals surface area contributed by atoms with Crippen molar-refractivity contribution in [3.8, 4) is 28.3 Å². The lowest BCUT2D eigenvalue weighted by Gasteiger charge is -2.12. The Labute approximate surface area is 229 Å². The maximum atomic E-state index is 12.3. The lowest BCUT2D eigenvalue weighted by Crippen LogP contribution is -2.18. The Kier molecular flexibility index (Phi) is 13.0. The van der Waals surface area contributed by atoms with E-state index in [0.717, 1.165) is 35.4 Å². The van der Waals surface area contributed by atoms with Crippen molar-refractivity contribution in [2.45, 2.75) is 97.5 Å². The maximum absolute atomic E-state index is 12.3. The summed E-state index contributed by atoms with van der Waals surface area (Å²) in [6.45, 7) is 7.04. The molecule has 5 heteroatoms. The third-order valence-electron chi connectivity index (χ3n) is 6.69. The predicted molar refractivity (Wildman–Crippen MR) is 155 cm³/mol. The molecule has 0 amide bonds. The van der Waals surface area contributed by atoms with Gasteiger partial charge in [-0.25, -0.2) is 9.97 Å². The standard InChI is InChI=1S/C33H44N2O3/c1-4-6-8-10-11-13-27-24-34-33(35-25-27)30-16-14-28(15-17-30)29-18-20-31(21-19-29)38-32(36)23-26(3)37-22-12-9-7-5-2/h14-21,24-26H,4-13,22-23H2,1-3H3. The van der Waals surface area contributed by atoms with E-state index < -0.39 is 0 Å². The summed E-state index contributed by atoms with van der Waals surface area (Å²) < 4.78 is 11.3. The predicted octanol–water partition coefficient (Wildman–Crippen LogP) is 8.60. The first kappa shape index (κ1) is 29.5. The number of nitrogens with zero attached hydrogens (tertiary/aromatic N) is 2. The van der Waals surface area contributed by atoms with Crippen LogP contribution >= 0.6 is 0 Å². The number of rotatable bonds is 17. The summed E-state index contributed by atoms with van der Waals surface area (Å²) in [5, 5.41) is 0. The minimum absolute atomic E-state index is 0.141. The highest BCUT2D eigenvalue weighted by Gasteiger charge is 2.12. The van der Waals surface area contributed by atoms with E-state index in [2.05, 4.69) is 35.9 Å². The smallest absolute Gasteiger partial charge is 0.313 e. The Bertz CT molecular complexity index is 1060. The van der Waals surface area contributed by atoms with E-state index in [0.29, 0.717) is 12.4 Å². The van der Waals surface area contributed by atoms with Crippen LogP contribution in [0.2, 0.25) is 0 Å². The van der Waals surface area contributed by atoms with Gasteiger partial charge in [0.25, 0.3) is 0 Å². The number of hydrogen-bond donors (Lipinski definition) is 0. The number of hydrogen-bond acceptors (Lipinski definition) is 5. The fraction of sp³-hybridized carbons (Fsp3) is 0.485. The molecular weight excluding hydrogens is 472 g/mol. The number of esters is 1. The Morgan fingerprint density at radius 2 is 1.29 bits per heavy atom. The molecule has 38 heavy (non-hydrogen) atoms. The highest BCUT2D eigenvalue weighted by Crippen LogP contribution is 2.25. The number of ether oxygens (including phenoxy) is 2. The molecule has 2 aromatic carbocycles. The molecular formula is C33H44N2O3. The Morgan fingerprint density at radius 1 is 0.737 bits per heavy atom. The first-order chi connectivity index (χ1) is 18.6. The van der Waals surface area contributed by atoms with Crippen molar-refractivity contribution in [1.82, 2.24) is 9.97 Å². The SMILES string of the molecule is CCCCCCCc1cnc(-c2ccc(-c3ccc(OC(=O)CC(C)OCCCCCC)cc3)cc2)nc1. The van der Waals surface area contributed by atoms with Crippen LogP contribution in [0.1, 0.15) is 90.5 Å². The van der Waals surface area contributed by atoms with Crippen LogP contribution in [0.25, 0.3) is 22.5 Å². The summed E-state index contributed by atoms with van der Waals surface area (Å²) in [5.41, 5.74) is 4.34. The van der Waals surface area contributed by atoms with E-state index in [1.165, 1.54) is 56.9 Å². The van der Waals surface area contributed by atoms with Gasteiger partial charge in [-0.3, -0.25) is 4.79 Å². The Balaban J connectivity index is 1.46. The van der Waals surface area contributed by atoms with Crippen LogP contribution in [-0.2, 0) is 16.0 Å². The molecule has 204 valence electrons. The van der Waals surface area contributed by atoms with Gasteiger partial charge in [-0.05, 0) is 55.0 Å². The van der Waals surface area contributed by atoms with Gasteiger partial charge in [-0.2, -0.15) is 0 Å². The third-order valence-corrected chi connectivity index (χ3v) is 6.69. The van der Waals surface area contributed by atoms with Gasteiger partial charge in [0.05, 0.1) is 12.5 Å². The topological polar surface area (TPSA) is 61.3 Å². The Hall–Kier alpha value is -3.05. The van der Waals surface area contributed by atoms with Crippen LogP contribution < -0.4 is 4.74 Å². The van der Waals surface area contributed by atoms with Gasteiger partial charge in [-0.15, -0.1) is 0 Å². The molecule has 1 unspecified atom stereocenters. The number of benzene rings is 2. The molecule has 0 saturated heterocycles. The van der Waals surface area contributed by atoms with Crippen LogP contribution in [0.3, 0.4) is 0 Å². The van der Waals surface area contributed by atoms with Crippen LogP contribution in [-0.4, -0.2) is 28.6 Å². The molecule has 0 spiro atoms. The molecule has 0 radical (unpaired) electrons. The average Bonchev–Trinajstić information content (AvgIpc) is 2.94. The van der Waals surface area contributed by atoms with Crippen molar-refractivity contribution in [2.24, 2.45) is 0 Å². The van der Waals surface area contributed by atoms with Crippen LogP contribution in [0.4, 0.5) is 0 Å². The van der Waals surface area contributed by atoms with Crippen molar-refractivity contribution >= 4 is 5.97 Å². The summed E-state index contributed by atoms with van der Waals surface area (Å²) in [6, 6.07) is 15.8. The third kappa shape index (κ3) is 10.4. The van der Waals surface area contributed by atoms with E-state index in [1.807, 2.05) is 55.7 Å². The van der Waals surface area contributed by atoms with Crippen molar-refractivity contribution in [1.29, 1.82) is 0 Å². The molecule has 1 heterocycles. The molecule has 0 aliphatic heterocycles. The monoisotopic (exact) mass is 516 g/mol. The highest BCUT2D eigenvalue weighted by atomic mass is 16.5. The lowest BCUT2D eigenvalue weighted by molar-refractivity contribution is -0.137. The highest BCUT2D eigenvalue weighted by molar-refractivity contribution is 5.73. The average molecular weight is 517 g/mol. The second kappa shape index (κ2) is 16.7. The van der Waals surface area contributed by atoms with E-state index >= 15 is 0 Å². The number of carbonyl (C=O) groups is 1. The van der Waals surface area contributed by atoms with Crippen molar-refractivity contribution in [3.05, 3.63) is 66.5 Å². The zero-order valence-electron chi connectivity index (χ0n) is 23.5. The molecule has 0 fully saturated rings. The van der Waals surface area contributed by atoms with Gasteiger partial charge in [0.15, 0.2) is 5.82 Å². The molecule has 0 bridgehead atoms. The molecule has 0 aliphatic carbocycles. The zero-order valence-corrected chi connectivity index (χ0v) is 23.5. The van der Waals surface area contributed by atoms with Crippen LogP contribution in [0, 0.1) is 0 Å². The van der Waals surface area contributed by atoms with Crippen LogP contribution in [0.15, 0.2) is 60.9 Å². The van der Waals surface area contributed by atoms with E-state index in [4.69, 9.17) is 9.47 Å². The minimum atomic E-state index is -0.273. The largest absolute Gasteiger partial charge is 0.426 e. The molecule has 1 atom stereocenters. The summed E-state index contributed by atoms with van der Waals surface area (Å²) in [4.78, 5) is 21.5. The second-order valence-corrected chi connectivity index (χ2v) is 10.1. The molecule has 3 rings (SSSR count). The first-order valence-electron chi connectivity index (χ1n) is 14.4. The second-order valence-electron chi connectivity index (χ2n) is 10.1. The van der Waals surface area contributed by atoms with E-state index in [1.54, 1.807) is 0 Å². The number of unbranched alkanes of at least 4 members (excludes halogenated alkanes) is 7. The summed E-state index contributed by atoms with van der Waals surface area (Å²) in [5.74, 6) is 1.02. The van der Waals surface area contributed by atoms with Gasteiger partial charge < -0.3 is 9.47 Å². The van der Waals surface area contributed by atoms with Gasteiger partial charge >= 0.3 is 5.97 Å². The van der Waals surface area contributed by atoms with Crippen molar-refractivity contribution in [3.63, 3.8) is 0 Å².